The largest absolute Gasteiger partial charge is 0.347 e. The first kappa shape index (κ1) is 16.1. The Hall–Kier alpha value is -1.40. The molecule has 4 nitrogen and oxygen atoms in total. The molecule has 0 radical (unpaired) electrons. The molecule has 0 bridgehead atoms. The summed E-state index contributed by atoms with van der Waals surface area (Å²) in [5, 5.41) is 1.75. The van der Waals surface area contributed by atoms with Crippen LogP contribution in [0.2, 0.25) is 5.02 Å². The molecule has 0 aliphatic carbocycles. The number of fused-ring (bicyclic) bond motifs is 1. The molecule has 6 heteroatoms. The molecule has 1 spiro atoms. The van der Waals surface area contributed by atoms with Crippen LogP contribution < -0.4 is 0 Å². The molecule has 126 valence electrons. The topological polar surface area (TPSA) is 38.8 Å². The minimum Gasteiger partial charge on any atom is -0.347 e. The van der Waals surface area contributed by atoms with Gasteiger partial charge in [0.15, 0.2) is 5.79 Å². The van der Waals surface area contributed by atoms with Crippen LogP contribution in [-0.4, -0.2) is 42.9 Å². The molecule has 0 unspecified atom stereocenters. The fourth-order valence-corrected chi connectivity index (χ4v) is 4.64. The average molecular weight is 364 g/mol. The number of likely N-dealkylation sites (tertiary alicyclic amines) is 1. The Bertz CT molecular complexity index is 785. The lowest BCUT2D eigenvalue weighted by Gasteiger charge is -2.37. The quantitative estimate of drug-likeness (QED) is 0.759. The zero-order valence-corrected chi connectivity index (χ0v) is 14.7. The van der Waals surface area contributed by atoms with Gasteiger partial charge in [0, 0.05) is 47.0 Å². The number of piperidine rings is 1. The van der Waals surface area contributed by atoms with E-state index in [1.54, 1.807) is 17.4 Å². The number of nitrogens with zero attached hydrogens (tertiary/aromatic N) is 1. The third kappa shape index (κ3) is 2.97. The average Bonchev–Trinajstić information content (AvgIpc) is 3.19. The van der Waals surface area contributed by atoms with E-state index in [9.17, 15) is 4.79 Å². The monoisotopic (exact) mass is 363 g/mol. The van der Waals surface area contributed by atoms with Crippen molar-refractivity contribution in [1.82, 2.24) is 4.90 Å². The summed E-state index contributed by atoms with van der Waals surface area (Å²) in [6, 6.07) is 8.00. The van der Waals surface area contributed by atoms with Gasteiger partial charge in [-0.1, -0.05) is 29.8 Å². The molecule has 2 saturated heterocycles. The molecule has 2 aliphatic heterocycles. The Balaban J connectivity index is 1.44. The number of carbonyl (C=O) groups is 1. The van der Waals surface area contributed by atoms with E-state index < -0.39 is 5.79 Å². The van der Waals surface area contributed by atoms with E-state index in [1.165, 1.54) is 0 Å². The van der Waals surface area contributed by atoms with Crippen molar-refractivity contribution in [2.75, 3.05) is 26.3 Å². The molecule has 1 aromatic carbocycles. The fourth-order valence-electron chi connectivity index (χ4n) is 3.25. The number of ether oxygens (including phenoxy) is 2. The smallest absolute Gasteiger partial charge is 0.246 e. The number of benzene rings is 1. The van der Waals surface area contributed by atoms with Gasteiger partial charge in [-0.15, -0.1) is 11.3 Å². The van der Waals surface area contributed by atoms with Crippen LogP contribution in [0.1, 0.15) is 17.7 Å². The Morgan fingerprint density at radius 3 is 2.62 bits per heavy atom. The van der Waals surface area contributed by atoms with Crippen LogP contribution in [0.25, 0.3) is 16.2 Å². The molecule has 2 aliphatic rings. The SMILES string of the molecule is O=C(/C=C/c1sc2ccccc2c1Cl)N1CCC2(CC1)OCCO2. The summed E-state index contributed by atoms with van der Waals surface area (Å²) in [4.78, 5) is 15.2. The maximum atomic E-state index is 12.4. The van der Waals surface area contributed by atoms with Gasteiger partial charge in [-0.3, -0.25) is 4.79 Å². The second-order valence-corrected chi connectivity index (χ2v) is 7.50. The molecule has 3 heterocycles. The minimum atomic E-state index is -0.449. The second kappa shape index (κ2) is 6.48. The number of thiophene rings is 1. The molecule has 0 saturated carbocycles. The van der Waals surface area contributed by atoms with Crippen molar-refractivity contribution in [2.45, 2.75) is 18.6 Å². The van der Waals surface area contributed by atoms with Gasteiger partial charge in [-0.2, -0.15) is 0 Å². The van der Waals surface area contributed by atoms with E-state index in [0.29, 0.717) is 31.3 Å². The first-order chi connectivity index (χ1) is 11.7. The molecule has 1 aromatic heterocycles. The first-order valence-electron chi connectivity index (χ1n) is 8.09. The molecular formula is C18H18ClNO3S. The number of rotatable bonds is 2. The van der Waals surface area contributed by atoms with Crippen LogP contribution in [-0.2, 0) is 14.3 Å². The molecule has 0 atom stereocenters. The summed E-state index contributed by atoms with van der Waals surface area (Å²) >= 11 is 8.01. The van der Waals surface area contributed by atoms with Crippen molar-refractivity contribution in [2.24, 2.45) is 0 Å². The summed E-state index contributed by atoms with van der Waals surface area (Å²) in [6.07, 6.45) is 4.90. The molecule has 2 aromatic rings. The summed E-state index contributed by atoms with van der Waals surface area (Å²) in [7, 11) is 0. The highest BCUT2D eigenvalue weighted by molar-refractivity contribution is 7.20. The summed E-state index contributed by atoms with van der Waals surface area (Å²) in [5.41, 5.74) is 0. The van der Waals surface area contributed by atoms with Gasteiger partial charge in [-0.25, -0.2) is 0 Å². The van der Waals surface area contributed by atoms with E-state index in [1.807, 2.05) is 35.2 Å². The van der Waals surface area contributed by atoms with Crippen molar-refractivity contribution in [1.29, 1.82) is 0 Å². The third-order valence-corrected chi connectivity index (χ3v) is 6.24. The van der Waals surface area contributed by atoms with Gasteiger partial charge < -0.3 is 14.4 Å². The highest BCUT2D eigenvalue weighted by atomic mass is 35.5. The van der Waals surface area contributed by atoms with Crippen molar-refractivity contribution >= 4 is 45.0 Å². The fraction of sp³-hybridized carbons (Fsp3) is 0.389. The number of amides is 1. The maximum absolute atomic E-state index is 12.4. The van der Waals surface area contributed by atoms with Crippen LogP contribution in [0.3, 0.4) is 0 Å². The van der Waals surface area contributed by atoms with Crippen LogP contribution in [0.4, 0.5) is 0 Å². The van der Waals surface area contributed by atoms with E-state index in [2.05, 4.69) is 0 Å². The minimum absolute atomic E-state index is 0.0105. The summed E-state index contributed by atoms with van der Waals surface area (Å²) in [6.45, 7) is 2.61. The van der Waals surface area contributed by atoms with Crippen molar-refractivity contribution in [3.8, 4) is 0 Å². The van der Waals surface area contributed by atoms with Gasteiger partial charge in [-0.05, 0) is 12.1 Å². The normalized spacial score (nSPS) is 20.5. The molecule has 0 N–H and O–H groups in total. The highest BCUT2D eigenvalue weighted by Crippen LogP contribution is 2.36. The molecule has 24 heavy (non-hydrogen) atoms. The van der Waals surface area contributed by atoms with Gasteiger partial charge in [0.25, 0.3) is 0 Å². The zero-order valence-electron chi connectivity index (χ0n) is 13.2. The first-order valence-corrected chi connectivity index (χ1v) is 9.28. The van der Waals surface area contributed by atoms with Gasteiger partial charge >= 0.3 is 0 Å². The summed E-state index contributed by atoms with van der Waals surface area (Å²) in [5.74, 6) is -0.439. The molecule has 2 fully saturated rings. The Labute approximate surface area is 149 Å². The number of carbonyl (C=O) groups excluding carboxylic acids is 1. The van der Waals surface area contributed by atoms with Crippen LogP contribution in [0.15, 0.2) is 30.3 Å². The van der Waals surface area contributed by atoms with Gasteiger partial charge in [0.2, 0.25) is 5.91 Å². The van der Waals surface area contributed by atoms with E-state index in [-0.39, 0.29) is 5.91 Å². The predicted octanol–water partition coefficient (Wildman–Crippen LogP) is 3.93. The van der Waals surface area contributed by atoms with E-state index >= 15 is 0 Å². The van der Waals surface area contributed by atoms with Gasteiger partial charge in [0.1, 0.15) is 0 Å². The lowest BCUT2D eigenvalue weighted by atomic mass is 10.0. The number of hydrogen-bond donors (Lipinski definition) is 0. The van der Waals surface area contributed by atoms with Crippen LogP contribution in [0, 0.1) is 0 Å². The Morgan fingerprint density at radius 2 is 1.92 bits per heavy atom. The van der Waals surface area contributed by atoms with E-state index in [4.69, 9.17) is 21.1 Å². The third-order valence-electron chi connectivity index (χ3n) is 4.59. The number of halogens is 1. The Kier molecular flexibility index (Phi) is 4.35. The van der Waals surface area contributed by atoms with E-state index in [0.717, 1.165) is 27.8 Å². The zero-order chi connectivity index (χ0) is 16.6. The summed E-state index contributed by atoms with van der Waals surface area (Å²) < 4.78 is 12.5. The standard InChI is InChI=1S/C18H18ClNO3S/c19-17-13-3-1-2-4-14(13)24-15(17)5-6-16(21)20-9-7-18(8-10-20)22-11-12-23-18/h1-6H,7-12H2/b6-5+. The van der Waals surface area contributed by atoms with Gasteiger partial charge in [0.05, 0.1) is 18.2 Å². The molecule has 1 amide bonds. The second-order valence-electron chi connectivity index (χ2n) is 6.04. The molecule has 4 rings (SSSR count). The molecular weight excluding hydrogens is 346 g/mol. The predicted molar refractivity (Wildman–Crippen MR) is 96.3 cm³/mol. The van der Waals surface area contributed by atoms with Crippen molar-refractivity contribution < 1.29 is 14.3 Å². The highest BCUT2D eigenvalue weighted by Gasteiger charge is 2.40. The van der Waals surface area contributed by atoms with Crippen molar-refractivity contribution in [3.05, 3.63) is 40.2 Å². The lowest BCUT2D eigenvalue weighted by molar-refractivity contribution is -0.186. The van der Waals surface area contributed by atoms with Crippen LogP contribution >= 0.6 is 22.9 Å². The maximum Gasteiger partial charge on any atom is 0.246 e. The Morgan fingerprint density at radius 1 is 1.21 bits per heavy atom. The van der Waals surface area contributed by atoms with Crippen molar-refractivity contribution in [3.63, 3.8) is 0 Å². The lowest BCUT2D eigenvalue weighted by Crippen LogP contribution is -2.46. The number of hydrogen-bond acceptors (Lipinski definition) is 4. The van der Waals surface area contributed by atoms with Crippen LogP contribution in [0.5, 0.6) is 0 Å².